The van der Waals surface area contributed by atoms with Gasteiger partial charge < -0.3 is 0 Å². The molecule has 1 aliphatic carbocycles. The first-order valence-corrected chi connectivity index (χ1v) is 8.20. The molecule has 0 aromatic carbocycles. The van der Waals surface area contributed by atoms with Crippen LogP contribution in [0.4, 0.5) is 0 Å². The van der Waals surface area contributed by atoms with Crippen molar-refractivity contribution in [2.45, 2.75) is 78.1 Å². The molecule has 0 spiro atoms. The van der Waals surface area contributed by atoms with Crippen LogP contribution in [0.15, 0.2) is 24.3 Å². The first kappa shape index (κ1) is 15.5. The fourth-order valence-electron chi connectivity index (χ4n) is 2.79. The molecule has 0 N–H and O–H groups in total. The van der Waals surface area contributed by atoms with E-state index in [0.29, 0.717) is 0 Å². The smallest absolute Gasteiger partial charge is 0.0199 e. The molecule has 18 heavy (non-hydrogen) atoms. The SMILES string of the molecule is CCCCC[C@H]1C=CC[C@@H](CCCCC)C=CC1. The third kappa shape index (κ3) is 7.03. The number of hydrogen-bond acceptors (Lipinski definition) is 0. The summed E-state index contributed by atoms with van der Waals surface area (Å²) in [6, 6.07) is 0. The minimum atomic E-state index is 0.810. The highest BCUT2D eigenvalue weighted by Gasteiger charge is 2.08. The maximum absolute atomic E-state index is 2.49. The third-order valence-electron chi connectivity index (χ3n) is 4.05. The minimum Gasteiger partial charge on any atom is -0.0877 e. The van der Waals surface area contributed by atoms with Crippen LogP contribution in [0.25, 0.3) is 0 Å². The van der Waals surface area contributed by atoms with E-state index in [0.717, 1.165) is 11.8 Å². The van der Waals surface area contributed by atoms with Crippen LogP contribution >= 0.6 is 0 Å². The van der Waals surface area contributed by atoms with Crippen molar-refractivity contribution >= 4 is 0 Å². The molecular weight excluding hydrogens is 216 g/mol. The predicted molar refractivity (Wildman–Crippen MR) is 82.8 cm³/mol. The second-order valence-corrected chi connectivity index (χ2v) is 5.84. The lowest BCUT2D eigenvalue weighted by Crippen LogP contribution is -2.01. The second-order valence-electron chi connectivity index (χ2n) is 5.84. The maximum Gasteiger partial charge on any atom is -0.0199 e. The molecule has 0 aromatic rings. The molecule has 0 saturated carbocycles. The van der Waals surface area contributed by atoms with Crippen molar-refractivity contribution in [1.29, 1.82) is 0 Å². The normalized spacial score (nSPS) is 23.9. The summed E-state index contributed by atoms with van der Waals surface area (Å²) >= 11 is 0. The Morgan fingerprint density at radius 2 is 1.17 bits per heavy atom. The van der Waals surface area contributed by atoms with Gasteiger partial charge in [0, 0.05) is 0 Å². The summed E-state index contributed by atoms with van der Waals surface area (Å²) in [5.41, 5.74) is 0. The first-order chi connectivity index (χ1) is 8.86. The van der Waals surface area contributed by atoms with Gasteiger partial charge in [-0.2, -0.15) is 0 Å². The Balaban J connectivity index is 2.24. The fourth-order valence-corrected chi connectivity index (χ4v) is 2.79. The molecule has 0 aromatic heterocycles. The molecule has 0 unspecified atom stereocenters. The molecule has 0 saturated heterocycles. The number of rotatable bonds is 8. The van der Waals surface area contributed by atoms with Crippen LogP contribution in [0.3, 0.4) is 0 Å². The second kappa shape index (κ2) is 10.4. The molecular formula is C18H32. The van der Waals surface area contributed by atoms with Crippen LogP contribution in [0.5, 0.6) is 0 Å². The van der Waals surface area contributed by atoms with E-state index in [1.165, 1.54) is 64.2 Å². The van der Waals surface area contributed by atoms with Crippen molar-refractivity contribution in [3.8, 4) is 0 Å². The van der Waals surface area contributed by atoms with Gasteiger partial charge in [0.15, 0.2) is 0 Å². The van der Waals surface area contributed by atoms with Gasteiger partial charge in [0.1, 0.15) is 0 Å². The van der Waals surface area contributed by atoms with Crippen molar-refractivity contribution in [1.82, 2.24) is 0 Å². The Kier molecular flexibility index (Phi) is 8.98. The molecule has 0 nitrogen and oxygen atoms in total. The topological polar surface area (TPSA) is 0 Å². The van der Waals surface area contributed by atoms with Gasteiger partial charge in [0.2, 0.25) is 0 Å². The Hall–Kier alpha value is -0.520. The highest BCUT2D eigenvalue weighted by molar-refractivity contribution is 5.01. The molecule has 2 atom stereocenters. The number of hydrogen-bond donors (Lipinski definition) is 0. The van der Waals surface area contributed by atoms with Crippen LogP contribution in [0, 0.1) is 11.8 Å². The number of unbranched alkanes of at least 4 members (excludes halogenated alkanes) is 4. The average Bonchev–Trinajstić information content (AvgIpc) is 2.34. The summed E-state index contributed by atoms with van der Waals surface area (Å²) in [6.45, 7) is 4.57. The lowest BCUT2D eigenvalue weighted by atomic mass is 9.90. The molecule has 1 aliphatic rings. The van der Waals surface area contributed by atoms with Gasteiger partial charge in [0.05, 0.1) is 0 Å². The van der Waals surface area contributed by atoms with Crippen LogP contribution in [0.2, 0.25) is 0 Å². The summed E-state index contributed by atoms with van der Waals surface area (Å²) in [5, 5.41) is 0. The zero-order valence-electron chi connectivity index (χ0n) is 12.5. The zero-order chi connectivity index (χ0) is 13.1. The Morgan fingerprint density at radius 3 is 1.56 bits per heavy atom. The highest BCUT2D eigenvalue weighted by Crippen LogP contribution is 2.23. The van der Waals surface area contributed by atoms with Gasteiger partial charge in [-0.15, -0.1) is 0 Å². The van der Waals surface area contributed by atoms with E-state index in [1.807, 2.05) is 0 Å². The molecule has 0 bridgehead atoms. The Morgan fingerprint density at radius 1 is 0.722 bits per heavy atom. The standard InChI is InChI=1S/C18H32/c1-3-5-7-11-17-13-9-15-18(16-10-14-17)12-8-6-4-2/h9-10,13,16-18H,3-8,11-12,14-15H2,1-2H3/t17-,18+/m0/s1. The van der Waals surface area contributed by atoms with E-state index in [2.05, 4.69) is 38.2 Å². The lowest BCUT2D eigenvalue weighted by molar-refractivity contribution is 0.514. The molecule has 0 fully saturated rings. The van der Waals surface area contributed by atoms with Gasteiger partial charge in [-0.3, -0.25) is 0 Å². The summed E-state index contributed by atoms with van der Waals surface area (Å²) < 4.78 is 0. The molecule has 0 heterocycles. The molecule has 0 radical (unpaired) electrons. The monoisotopic (exact) mass is 248 g/mol. The van der Waals surface area contributed by atoms with E-state index < -0.39 is 0 Å². The van der Waals surface area contributed by atoms with Crippen LogP contribution in [-0.4, -0.2) is 0 Å². The van der Waals surface area contributed by atoms with Crippen molar-refractivity contribution in [2.24, 2.45) is 11.8 Å². The minimum absolute atomic E-state index is 0.810. The Labute approximate surface area is 115 Å². The average molecular weight is 248 g/mol. The largest absolute Gasteiger partial charge is 0.0877 e. The molecule has 0 amide bonds. The van der Waals surface area contributed by atoms with E-state index in [9.17, 15) is 0 Å². The van der Waals surface area contributed by atoms with E-state index >= 15 is 0 Å². The first-order valence-electron chi connectivity index (χ1n) is 8.20. The fraction of sp³-hybridized carbons (Fsp3) is 0.778. The van der Waals surface area contributed by atoms with Crippen molar-refractivity contribution in [3.63, 3.8) is 0 Å². The predicted octanol–water partition coefficient (Wildman–Crippen LogP) is 6.29. The van der Waals surface area contributed by atoms with Crippen LogP contribution < -0.4 is 0 Å². The van der Waals surface area contributed by atoms with Gasteiger partial charge >= 0.3 is 0 Å². The van der Waals surface area contributed by atoms with Gasteiger partial charge in [-0.25, -0.2) is 0 Å². The third-order valence-corrected chi connectivity index (χ3v) is 4.05. The Bertz CT molecular complexity index is 210. The van der Waals surface area contributed by atoms with Crippen LogP contribution in [0.1, 0.15) is 78.1 Å². The summed E-state index contributed by atoms with van der Waals surface area (Å²) in [4.78, 5) is 0. The lowest BCUT2D eigenvalue weighted by Gasteiger charge is -2.16. The summed E-state index contributed by atoms with van der Waals surface area (Å²) in [7, 11) is 0. The van der Waals surface area contributed by atoms with Crippen molar-refractivity contribution in [3.05, 3.63) is 24.3 Å². The van der Waals surface area contributed by atoms with E-state index in [4.69, 9.17) is 0 Å². The molecule has 0 aliphatic heterocycles. The van der Waals surface area contributed by atoms with Crippen LogP contribution in [-0.2, 0) is 0 Å². The highest BCUT2D eigenvalue weighted by atomic mass is 14.1. The quantitative estimate of drug-likeness (QED) is 0.350. The maximum atomic E-state index is 2.49. The molecule has 0 heteroatoms. The summed E-state index contributed by atoms with van der Waals surface area (Å²) in [6.07, 6.45) is 23.5. The van der Waals surface area contributed by atoms with Gasteiger partial charge in [0.25, 0.3) is 0 Å². The van der Waals surface area contributed by atoms with E-state index in [1.54, 1.807) is 0 Å². The van der Waals surface area contributed by atoms with E-state index in [-0.39, 0.29) is 0 Å². The van der Waals surface area contributed by atoms with Gasteiger partial charge in [-0.05, 0) is 37.5 Å². The summed E-state index contributed by atoms with van der Waals surface area (Å²) in [5.74, 6) is 1.62. The molecule has 1 rings (SSSR count). The molecule has 104 valence electrons. The zero-order valence-corrected chi connectivity index (χ0v) is 12.5. The number of allylic oxidation sites excluding steroid dienone is 4. The van der Waals surface area contributed by atoms with Crippen molar-refractivity contribution in [2.75, 3.05) is 0 Å². The van der Waals surface area contributed by atoms with Gasteiger partial charge in [-0.1, -0.05) is 76.7 Å². The van der Waals surface area contributed by atoms with Crippen molar-refractivity contribution < 1.29 is 0 Å².